The molecule has 11 rings (SSSR count). The Kier molecular flexibility index (Phi) is 5.83. The van der Waals surface area contributed by atoms with Gasteiger partial charge in [0, 0.05) is 54.0 Å². The normalized spacial score (nSPS) is 12.0. The van der Waals surface area contributed by atoms with Gasteiger partial charge in [-0.25, -0.2) is 0 Å². The number of hydrogen-bond acceptors (Lipinski definition) is 4. The Morgan fingerprint density at radius 1 is 0.440 bits per heavy atom. The highest BCUT2D eigenvalue weighted by atomic mass is 32.1. The third kappa shape index (κ3) is 4.03. The number of benzene rings is 8. The van der Waals surface area contributed by atoms with Crippen molar-refractivity contribution in [2.24, 2.45) is 0 Å². The molecule has 0 N–H and O–H groups in total. The van der Waals surface area contributed by atoms with Crippen LogP contribution in [-0.4, -0.2) is 0 Å². The van der Waals surface area contributed by atoms with Gasteiger partial charge in [-0.1, -0.05) is 103 Å². The minimum Gasteiger partial charge on any atom is -0.455 e. The van der Waals surface area contributed by atoms with Gasteiger partial charge in [-0.3, -0.25) is 0 Å². The number of hydrogen-bond donors (Lipinski definition) is 0. The van der Waals surface area contributed by atoms with Gasteiger partial charge >= 0.3 is 0 Å². The molecule has 11 aromatic rings. The molecule has 0 bridgehead atoms. The fourth-order valence-electron chi connectivity index (χ4n) is 7.73. The number of furan rings is 2. The maximum absolute atomic E-state index is 6.70. The van der Waals surface area contributed by atoms with Crippen molar-refractivity contribution in [3.63, 3.8) is 0 Å². The molecule has 0 aliphatic heterocycles. The summed E-state index contributed by atoms with van der Waals surface area (Å²) >= 11 is 1.82. The lowest BCUT2D eigenvalue weighted by Crippen LogP contribution is -2.09. The smallest absolute Gasteiger partial charge is 0.144 e. The molecule has 0 aliphatic rings. The van der Waals surface area contributed by atoms with Gasteiger partial charge in [0.1, 0.15) is 22.3 Å². The predicted octanol–water partition coefficient (Wildman–Crippen LogP) is 14.1. The molecule has 3 aromatic heterocycles. The second kappa shape index (κ2) is 10.6. The first-order chi connectivity index (χ1) is 24.8. The first-order valence-corrected chi connectivity index (χ1v) is 17.7. The van der Waals surface area contributed by atoms with Crippen LogP contribution in [0.15, 0.2) is 173 Å². The van der Waals surface area contributed by atoms with E-state index >= 15 is 0 Å². The zero-order chi connectivity index (χ0) is 32.8. The van der Waals surface area contributed by atoms with Crippen LogP contribution in [0.5, 0.6) is 0 Å². The fourth-order valence-corrected chi connectivity index (χ4v) is 8.94. The van der Waals surface area contributed by atoms with Crippen LogP contribution in [0.25, 0.3) is 85.9 Å². The molecule has 50 heavy (non-hydrogen) atoms. The van der Waals surface area contributed by atoms with E-state index in [2.05, 4.69) is 157 Å². The zero-order valence-electron chi connectivity index (χ0n) is 26.8. The summed E-state index contributed by atoms with van der Waals surface area (Å²) in [5.41, 5.74) is 9.23. The minimum atomic E-state index is 0.909. The first-order valence-electron chi connectivity index (χ1n) is 16.8. The topological polar surface area (TPSA) is 29.5 Å². The Hall–Kier alpha value is -6.36. The van der Waals surface area contributed by atoms with E-state index in [1.807, 2.05) is 23.5 Å². The van der Waals surface area contributed by atoms with Gasteiger partial charge in [0.2, 0.25) is 0 Å². The Balaban J connectivity index is 1.09. The van der Waals surface area contributed by atoms with E-state index < -0.39 is 0 Å². The number of nitrogens with zero attached hydrogens (tertiary/aromatic N) is 1. The molecule has 8 aromatic carbocycles. The molecule has 0 aliphatic carbocycles. The number of thiophene rings is 1. The Labute approximate surface area is 290 Å². The molecular weight excluding hydrogens is 631 g/mol. The van der Waals surface area contributed by atoms with Crippen molar-refractivity contribution in [3.8, 4) is 11.1 Å². The summed E-state index contributed by atoms with van der Waals surface area (Å²) in [6.07, 6.45) is 0. The second-order valence-corrected chi connectivity index (χ2v) is 13.9. The highest BCUT2D eigenvalue weighted by Gasteiger charge is 2.21. The third-order valence-electron chi connectivity index (χ3n) is 10.0. The number of fused-ring (bicyclic) bond motifs is 11. The summed E-state index contributed by atoms with van der Waals surface area (Å²) < 4.78 is 15.5. The van der Waals surface area contributed by atoms with Gasteiger partial charge < -0.3 is 13.7 Å². The summed E-state index contributed by atoms with van der Waals surface area (Å²) in [5, 5.41) is 9.36. The van der Waals surface area contributed by atoms with Crippen molar-refractivity contribution in [1.82, 2.24) is 0 Å². The molecule has 4 heteroatoms. The van der Waals surface area contributed by atoms with Crippen molar-refractivity contribution >= 4 is 103 Å². The van der Waals surface area contributed by atoms with E-state index in [0.29, 0.717) is 0 Å². The van der Waals surface area contributed by atoms with Crippen LogP contribution in [0.3, 0.4) is 0 Å². The first kappa shape index (κ1) is 27.6. The van der Waals surface area contributed by atoms with Gasteiger partial charge in [0.15, 0.2) is 0 Å². The molecule has 0 radical (unpaired) electrons. The summed E-state index contributed by atoms with van der Waals surface area (Å²) in [7, 11) is 0. The van der Waals surface area contributed by atoms with Crippen LogP contribution in [-0.2, 0) is 0 Å². The van der Waals surface area contributed by atoms with Crippen LogP contribution >= 0.6 is 11.3 Å². The Bertz CT molecular complexity index is 3090. The van der Waals surface area contributed by atoms with Gasteiger partial charge in [-0.2, -0.15) is 0 Å². The molecule has 0 fully saturated rings. The monoisotopic (exact) mass is 657 g/mol. The summed E-state index contributed by atoms with van der Waals surface area (Å²) in [6, 6.07) is 58.2. The standard InChI is InChI=1S/C46H27NO2S/c1-2-12-31(13-3-1)47(32-22-20-28(21-23-32)33-15-8-16-35-34-14-6-7-19-40(34)48-44(33)35)39-18-9-17-37-43-42(50-46(37)39)25-24-36-38-26-29-10-4-5-11-30(29)27-41(38)49-45(36)43/h1-27H. The summed E-state index contributed by atoms with van der Waals surface area (Å²) in [6.45, 7) is 0. The van der Waals surface area contributed by atoms with E-state index in [9.17, 15) is 0 Å². The van der Waals surface area contributed by atoms with Crippen LogP contribution in [0.4, 0.5) is 17.1 Å². The zero-order valence-corrected chi connectivity index (χ0v) is 27.6. The molecule has 0 atom stereocenters. The van der Waals surface area contributed by atoms with E-state index in [1.54, 1.807) is 0 Å². The third-order valence-corrected chi connectivity index (χ3v) is 11.2. The lowest BCUT2D eigenvalue weighted by molar-refractivity contribution is 0.670. The average Bonchev–Trinajstić information content (AvgIpc) is 3.86. The van der Waals surface area contributed by atoms with Crippen LogP contribution in [0.1, 0.15) is 0 Å². The van der Waals surface area contributed by atoms with Crippen molar-refractivity contribution in [2.75, 3.05) is 4.90 Å². The van der Waals surface area contributed by atoms with Crippen LogP contribution < -0.4 is 4.90 Å². The molecule has 3 nitrogen and oxygen atoms in total. The molecular formula is C46H27NO2S. The molecule has 234 valence electrons. The van der Waals surface area contributed by atoms with E-state index in [-0.39, 0.29) is 0 Å². The number of rotatable bonds is 4. The van der Waals surface area contributed by atoms with E-state index in [4.69, 9.17) is 8.83 Å². The maximum atomic E-state index is 6.70. The molecule has 0 amide bonds. The molecule has 0 saturated heterocycles. The number of anilines is 3. The largest absolute Gasteiger partial charge is 0.455 e. The van der Waals surface area contributed by atoms with Crippen molar-refractivity contribution in [3.05, 3.63) is 164 Å². The van der Waals surface area contributed by atoms with E-state index in [1.165, 1.54) is 30.9 Å². The average molecular weight is 658 g/mol. The summed E-state index contributed by atoms with van der Waals surface area (Å²) in [4.78, 5) is 2.37. The number of para-hydroxylation sites is 3. The van der Waals surface area contributed by atoms with E-state index in [0.717, 1.165) is 72.1 Å². The molecule has 0 unspecified atom stereocenters. The van der Waals surface area contributed by atoms with Crippen molar-refractivity contribution in [1.29, 1.82) is 0 Å². The quantitative estimate of drug-likeness (QED) is 0.189. The van der Waals surface area contributed by atoms with Crippen molar-refractivity contribution < 1.29 is 8.83 Å². The second-order valence-electron chi connectivity index (χ2n) is 12.9. The highest BCUT2D eigenvalue weighted by Crippen LogP contribution is 2.48. The van der Waals surface area contributed by atoms with Crippen molar-refractivity contribution in [2.45, 2.75) is 0 Å². The maximum Gasteiger partial charge on any atom is 0.144 e. The lowest BCUT2D eigenvalue weighted by atomic mass is 10.0. The lowest BCUT2D eigenvalue weighted by Gasteiger charge is -2.26. The molecule has 3 heterocycles. The van der Waals surface area contributed by atoms with Gasteiger partial charge in [-0.05, 0) is 77.0 Å². The predicted molar refractivity (Wildman–Crippen MR) is 212 cm³/mol. The van der Waals surface area contributed by atoms with Gasteiger partial charge in [0.05, 0.1) is 10.4 Å². The molecule has 0 saturated carbocycles. The van der Waals surface area contributed by atoms with Crippen LogP contribution in [0.2, 0.25) is 0 Å². The fraction of sp³-hybridized carbons (Fsp3) is 0. The Morgan fingerprint density at radius 2 is 1.12 bits per heavy atom. The Morgan fingerprint density at radius 3 is 2.00 bits per heavy atom. The van der Waals surface area contributed by atoms with Gasteiger partial charge in [0.25, 0.3) is 0 Å². The van der Waals surface area contributed by atoms with Crippen LogP contribution in [0, 0.1) is 0 Å². The highest BCUT2D eigenvalue weighted by molar-refractivity contribution is 7.26. The SMILES string of the molecule is c1ccc(N(c2ccc(-c3cccc4c3oc3ccccc34)cc2)c2cccc3c2sc2ccc4c5cc6ccccc6cc5oc4c23)cc1. The summed E-state index contributed by atoms with van der Waals surface area (Å²) in [5.74, 6) is 0. The van der Waals surface area contributed by atoms with Gasteiger partial charge in [-0.15, -0.1) is 11.3 Å². The minimum absolute atomic E-state index is 0.909. The molecule has 0 spiro atoms.